The van der Waals surface area contributed by atoms with E-state index in [1.807, 2.05) is 13.8 Å². The lowest BCUT2D eigenvalue weighted by molar-refractivity contribution is -0.0396. The van der Waals surface area contributed by atoms with Gasteiger partial charge in [-0.05, 0) is 26.0 Å². The van der Waals surface area contributed by atoms with Gasteiger partial charge in [0.15, 0.2) is 17.2 Å². The number of hydrogen-bond donors (Lipinski definition) is 1. The molecule has 0 radical (unpaired) electrons. The average molecular weight is 372 g/mol. The van der Waals surface area contributed by atoms with Crippen LogP contribution < -0.4 is 5.32 Å². The summed E-state index contributed by atoms with van der Waals surface area (Å²) in [6, 6.07) is 3.00. The number of nitrogens with one attached hydrogen (secondary N) is 1. The molecule has 1 saturated heterocycles. The van der Waals surface area contributed by atoms with Gasteiger partial charge >= 0.3 is 0 Å². The van der Waals surface area contributed by atoms with Crippen molar-refractivity contribution >= 4 is 11.8 Å². The van der Waals surface area contributed by atoms with E-state index in [2.05, 4.69) is 21.5 Å². The van der Waals surface area contributed by atoms with Gasteiger partial charge in [-0.25, -0.2) is 0 Å². The molecule has 0 saturated carbocycles. The maximum absolute atomic E-state index is 12.6. The van der Waals surface area contributed by atoms with Gasteiger partial charge in [-0.15, -0.1) is 12.3 Å². The molecule has 0 aliphatic carbocycles. The molecule has 8 nitrogen and oxygen atoms in total. The van der Waals surface area contributed by atoms with Gasteiger partial charge in [0, 0.05) is 32.4 Å². The number of morpholine rings is 1. The van der Waals surface area contributed by atoms with E-state index in [4.69, 9.17) is 15.6 Å². The van der Waals surface area contributed by atoms with Crippen LogP contribution in [0.15, 0.2) is 26.8 Å². The predicted octanol–water partition coefficient (Wildman–Crippen LogP) is 2.22. The maximum Gasteiger partial charge on any atom is 0.289 e. The molecule has 27 heavy (non-hydrogen) atoms. The van der Waals surface area contributed by atoms with Crippen molar-refractivity contribution in [2.75, 3.05) is 19.7 Å². The summed E-state index contributed by atoms with van der Waals surface area (Å²) in [4.78, 5) is 26.6. The third-order valence-corrected chi connectivity index (χ3v) is 4.77. The normalized spacial score (nSPS) is 22.9. The van der Waals surface area contributed by atoms with E-state index >= 15 is 0 Å². The maximum atomic E-state index is 12.6. The first-order chi connectivity index (χ1) is 12.9. The summed E-state index contributed by atoms with van der Waals surface area (Å²) >= 11 is 0. The Morgan fingerprint density at radius 1 is 1.33 bits per heavy atom. The summed E-state index contributed by atoms with van der Waals surface area (Å²) in [5, 5.41) is 10.8. The second kappa shape index (κ2) is 7.92. The molecular formula is C19H24N4O4. The SMILES string of the molecule is C#CCCC1(CCNC(=O)c2ccc(C(=O)N3CC(C)OCC3C)o2)N=N1. The third kappa shape index (κ3) is 4.55. The number of nitrogens with zero attached hydrogens (tertiary/aromatic N) is 3. The lowest BCUT2D eigenvalue weighted by atomic mass is 10.0. The zero-order valence-electron chi connectivity index (χ0n) is 15.6. The highest BCUT2D eigenvalue weighted by atomic mass is 16.5. The smallest absolute Gasteiger partial charge is 0.289 e. The van der Waals surface area contributed by atoms with Crippen molar-refractivity contribution < 1.29 is 18.7 Å². The molecule has 2 amide bonds. The van der Waals surface area contributed by atoms with Crippen molar-refractivity contribution in [3.63, 3.8) is 0 Å². The highest BCUT2D eigenvalue weighted by Gasteiger charge is 2.38. The van der Waals surface area contributed by atoms with Crippen LogP contribution in [0.2, 0.25) is 0 Å². The van der Waals surface area contributed by atoms with Crippen LogP contribution in [0.1, 0.15) is 54.2 Å². The van der Waals surface area contributed by atoms with Crippen LogP contribution in [-0.2, 0) is 4.74 Å². The molecule has 0 spiro atoms. The van der Waals surface area contributed by atoms with Crippen molar-refractivity contribution in [2.24, 2.45) is 10.2 Å². The van der Waals surface area contributed by atoms with Crippen LogP contribution in [0.25, 0.3) is 0 Å². The van der Waals surface area contributed by atoms with E-state index < -0.39 is 5.66 Å². The minimum absolute atomic E-state index is 0.0251. The monoisotopic (exact) mass is 372 g/mol. The molecule has 1 aromatic heterocycles. The van der Waals surface area contributed by atoms with Crippen molar-refractivity contribution in [1.29, 1.82) is 0 Å². The van der Waals surface area contributed by atoms with Gasteiger partial charge in [0.2, 0.25) is 0 Å². The molecule has 3 heterocycles. The molecule has 0 aromatic carbocycles. The van der Waals surface area contributed by atoms with Crippen molar-refractivity contribution in [3.05, 3.63) is 23.7 Å². The number of terminal acetylenes is 1. The van der Waals surface area contributed by atoms with Gasteiger partial charge in [-0.1, -0.05) is 0 Å². The fourth-order valence-electron chi connectivity index (χ4n) is 3.03. The highest BCUT2D eigenvalue weighted by molar-refractivity contribution is 5.95. The minimum atomic E-state index is -0.437. The number of furan rings is 1. The number of carbonyl (C=O) groups is 2. The molecule has 2 aliphatic heterocycles. The summed E-state index contributed by atoms with van der Waals surface area (Å²) in [5.74, 6) is 2.22. The van der Waals surface area contributed by atoms with Crippen molar-refractivity contribution in [1.82, 2.24) is 10.2 Å². The lowest BCUT2D eigenvalue weighted by Gasteiger charge is -2.36. The summed E-state index contributed by atoms with van der Waals surface area (Å²) in [6.07, 6.45) is 7.12. The van der Waals surface area contributed by atoms with Crippen LogP contribution in [0.5, 0.6) is 0 Å². The van der Waals surface area contributed by atoms with E-state index in [0.29, 0.717) is 39.0 Å². The third-order valence-electron chi connectivity index (χ3n) is 4.77. The summed E-state index contributed by atoms with van der Waals surface area (Å²) in [5.41, 5.74) is -0.437. The van der Waals surface area contributed by atoms with Gasteiger partial charge < -0.3 is 19.4 Å². The molecule has 2 unspecified atom stereocenters. The van der Waals surface area contributed by atoms with Gasteiger partial charge in [0.1, 0.15) is 0 Å². The molecular weight excluding hydrogens is 348 g/mol. The van der Waals surface area contributed by atoms with Crippen LogP contribution in [-0.4, -0.2) is 54.2 Å². The van der Waals surface area contributed by atoms with Crippen LogP contribution >= 0.6 is 0 Å². The topological polar surface area (TPSA) is 96.5 Å². The van der Waals surface area contributed by atoms with Gasteiger partial charge in [0.05, 0.1) is 18.8 Å². The Morgan fingerprint density at radius 3 is 2.78 bits per heavy atom. The second-order valence-electron chi connectivity index (χ2n) is 7.01. The lowest BCUT2D eigenvalue weighted by Crippen LogP contribution is -2.50. The standard InChI is InChI=1S/C19H24N4O4/c1-4-5-8-19(21-22-19)9-10-20-17(24)15-6-7-16(27-15)18(25)23-11-14(3)26-12-13(23)2/h1,6-7,13-14H,5,8-12H2,2-3H3,(H,20,24). The number of amides is 2. The molecule has 1 aromatic rings. The van der Waals surface area contributed by atoms with Gasteiger partial charge in [-0.3, -0.25) is 9.59 Å². The first-order valence-corrected chi connectivity index (χ1v) is 9.12. The fourth-order valence-corrected chi connectivity index (χ4v) is 3.03. The van der Waals surface area contributed by atoms with Crippen molar-refractivity contribution in [2.45, 2.75) is 50.9 Å². The van der Waals surface area contributed by atoms with E-state index in [1.54, 1.807) is 4.90 Å². The molecule has 144 valence electrons. The Balaban J connectivity index is 1.52. The number of hydrogen-bond acceptors (Lipinski definition) is 6. The molecule has 2 atom stereocenters. The van der Waals surface area contributed by atoms with Crippen LogP contribution in [0.4, 0.5) is 0 Å². The molecule has 2 aliphatic rings. The van der Waals surface area contributed by atoms with Crippen molar-refractivity contribution in [3.8, 4) is 12.3 Å². The van der Waals surface area contributed by atoms with Gasteiger partial charge in [-0.2, -0.15) is 10.2 Å². The minimum Gasteiger partial charge on any atom is -0.446 e. The summed E-state index contributed by atoms with van der Waals surface area (Å²) in [6.45, 7) is 5.22. The van der Waals surface area contributed by atoms with E-state index in [1.165, 1.54) is 12.1 Å². The van der Waals surface area contributed by atoms with Gasteiger partial charge in [0.25, 0.3) is 11.8 Å². The zero-order valence-corrected chi connectivity index (χ0v) is 15.6. The van der Waals surface area contributed by atoms with Crippen LogP contribution in [0.3, 0.4) is 0 Å². The summed E-state index contributed by atoms with van der Waals surface area (Å²) in [7, 11) is 0. The molecule has 8 heteroatoms. The number of rotatable bonds is 7. The Hall–Kier alpha value is -2.66. The Kier molecular flexibility index (Phi) is 5.61. The Labute approximate surface area is 158 Å². The highest BCUT2D eigenvalue weighted by Crippen LogP contribution is 2.36. The largest absolute Gasteiger partial charge is 0.446 e. The summed E-state index contributed by atoms with van der Waals surface area (Å²) < 4.78 is 11.0. The van der Waals surface area contributed by atoms with E-state index in [-0.39, 0.29) is 35.5 Å². The zero-order chi connectivity index (χ0) is 19.4. The molecule has 3 rings (SSSR count). The number of carbonyl (C=O) groups excluding carboxylic acids is 2. The molecule has 1 fully saturated rings. The second-order valence-corrected chi connectivity index (χ2v) is 7.01. The number of ether oxygens (including phenoxy) is 1. The van der Waals surface area contributed by atoms with Crippen LogP contribution in [0, 0.1) is 12.3 Å². The molecule has 0 bridgehead atoms. The van der Waals surface area contributed by atoms with E-state index in [9.17, 15) is 9.59 Å². The quantitative estimate of drug-likeness (QED) is 0.742. The Bertz CT molecular complexity index is 773. The predicted molar refractivity (Wildman–Crippen MR) is 97.2 cm³/mol. The first kappa shape index (κ1) is 19.1. The first-order valence-electron chi connectivity index (χ1n) is 9.12. The Morgan fingerprint density at radius 2 is 2.07 bits per heavy atom. The van der Waals surface area contributed by atoms with E-state index in [0.717, 1.165) is 0 Å². The molecule has 1 N–H and O–H groups in total. The fraction of sp³-hybridized carbons (Fsp3) is 0.579. The average Bonchev–Trinajstić information content (AvgIpc) is 3.24.